The monoisotopic (exact) mass is 327 g/mol. The highest BCUT2D eigenvalue weighted by molar-refractivity contribution is 7.92. The third-order valence-corrected chi connectivity index (χ3v) is 4.16. The molecular weight excluding hydrogens is 312 g/mol. The van der Waals surface area contributed by atoms with E-state index in [0.29, 0.717) is 18.4 Å². The third kappa shape index (κ3) is 3.94. The molecule has 118 valence electrons. The van der Waals surface area contributed by atoms with Crippen molar-refractivity contribution in [2.45, 2.75) is 18.2 Å². The molecule has 0 spiro atoms. The number of anilines is 1. The van der Waals surface area contributed by atoms with Crippen molar-refractivity contribution >= 4 is 15.7 Å². The van der Waals surface area contributed by atoms with Crippen LogP contribution in [0.2, 0.25) is 0 Å². The van der Waals surface area contributed by atoms with Gasteiger partial charge in [-0.05, 0) is 42.8 Å². The SMILES string of the molecule is CCCOc1ccc(S(=O)(=O)Nc2ccc(F)cc2F)cc1. The van der Waals surface area contributed by atoms with E-state index in [0.717, 1.165) is 18.6 Å². The summed E-state index contributed by atoms with van der Waals surface area (Å²) in [6, 6.07) is 8.36. The molecule has 0 aliphatic carbocycles. The fourth-order valence-corrected chi connectivity index (χ4v) is 2.78. The number of halogens is 2. The standard InChI is InChI=1S/C15H15F2NO3S/c1-2-9-21-12-4-6-13(7-5-12)22(19,20)18-15-8-3-11(16)10-14(15)17/h3-8,10,18H,2,9H2,1H3. The summed E-state index contributed by atoms with van der Waals surface area (Å²) in [6.07, 6.45) is 0.839. The van der Waals surface area contributed by atoms with Crippen LogP contribution in [0.3, 0.4) is 0 Å². The third-order valence-electron chi connectivity index (χ3n) is 2.78. The van der Waals surface area contributed by atoms with Crippen molar-refractivity contribution in [1.29, 1.82) is 0 Å². The van der Waals surface area contributed by atoms with E-state index in [4.69, 9.17) is 4.74 Å². The molecule has 0 saturated carbocycles. The molecule has 0 unspecified atom stereocenters. The normalized spacial score (nSPS) is 11.2. The Morgan fingerprint density at radius 3 is 2.36 bits per heavy atom. The van der Waals surface area contributed by atoms with Crippen LogP contribution in [0.25, 0.3) is 0 Å². The summed E-state index contributed by atoms with van der Waals surface area (Å²) in [6.45, 7) is 2.49. The lowest BCUT2D eigenvalue weighted by molar-refractivity contribution is 0.317. The fraction of sp³-hybridized carbons (Fsp3) is 0.200. The van der Waals surface area contributed by atoms with Crippen molar-refractivity contribution in [1.82, 2.24) is 0 Å². The Morgan fingerprint density at radius 2 is 1.77 bits per heavy atom. The number of rotatable bonds is 6. The number of sulfonamides is 1. The van der Waals surface area contributed by atoms with Crippen LogP contribution in [-0.4, -0.2) is 15.0 Å². The highest BCUT2D eigenvalue weighted by Gasteiger charge is 2.16. The molecular formula is C15H15F2NO3S. The summed E-state index contributed by atoms with van der Waals surface area (Å²) in [5.41, 5.74) is -0.312. The molecule has 0 amide bonds. The molecule has 0 aliphatic rings. The Labute approximate surface area is 127 Å². The maximum atomic E-state index is 13.5. The van der Waals surface area contributed by atoms with E-state index < -0.39 is 21.7 Å². The zero-order valence-corrected chi connectivity index (χ0v) is 12.7. The van der Waals surface area contributed by atoms with Crippen molar-refractivity contribution in [2.24, 2.45) is 0 Å². The highest BCUT2D eigenvalue weighted by Crippen LogP contribution is 2.21. The minimum Gasteiger partial charge on any atom is -0.494 e. The summed E-state index contributed by atoms with van der Waals surface area (Å²) < 4.78 is 58.1. The first-order chi connectivity index (χ1) is 10.4. The lowest BCUT2D eigenvalue weighted by Gasteiger charge is -2.10. The van der Waals surface area contributed by atoms with E-state index >= 15 is 0 Å². The predicted octanol–water partition coefficient (Wildman–Crippen LogP) is 3.55. The Kier molecular flexibility index (Phi) is 4.97. The first kappa shape index (κ1) is 16.2. The van der Waals surface area contributed by atoms with Crippen LogP contribution in [0.5, 0.6) is 5.75 Å². The molecule has 0 aromatic heterocycles. The average Bonchev–Trinajstić information content (AvgIpc) is 2.48. The van der Waals surface area contributed by atoms with Gasteiger partial charge in [0.1, 0.15) is 17.4 Å². The van der Waals surface area contributed by atoms with E-state index in [1.165, 1.54) is 24.3 Å². The molecule has 2 aromatic carbocycles. The second-order valence-electron chi connectivity index (χ2n) is 4.55. The molecule has 22 heavy (non-hydrogen) atoms. The van der Waals surface area contributed by atoms with E-state index in [2.05, 4.69) is 4.72 Å². The zero-order valence-electron chi connectivity index (χ0n) is 11.8. The Bertz CT molecular complexity index is 746. The van der Waals surface area contributed by atoms with E-state index in [1.807, 2.05) is 6.92 Å². The van der Waals surface area contributed by atoms with E-state index in [9.17, 15) is 17.2 Å². The van der Waals surface area contributed by atoms with Crippen molar-refractivity contribution in [2.75, 3.05) is 11.3 Å². The largest absolute Gasteiger partial charge is 0.494 e. The number of hydrogen-bond donors (Lipinski definition) is 1. The number of hydrogen-bond acceptors (Lipinski definition) is 3. The molecule has 2 aromatic rings. The van der Waals surface area contributed by atoms with Crippen LogP contribution >= 0.6 is 0 Å². The van der Waals surface area contributed by atoms with Gasteiger partial charge in [-0.2, -0.15) is 0 Å². The van der Waals surface area contributed by atoms with Gasteiger partial charge in [-0.3, -0.25) is 4.72 Å². The first-order valence-electron chi connectivity index (χ1n) is 6.63. The molecule has 0 fully saturated rings. The molecule has 7 heteroatoms. The maximum Gasteiger partial charge on any atom is 0.261 e. The Hall–Kier alpha value is -2.15. The molecule has 0 bridgehead atoms. The lowest BCUT2D eigenvalue weighted by Crippen LogP contribution is -2.14. The first-order valence-corrected chi connectivity index (χ1v) is 8.11. The summed E-state index contributed by atoms with van der Waals surface area (Å²) in [7, 11) is -3.95. The van der Waals surface area contributed by atoms with Gasteiger partial charge in [0.25, 0.3) is 10.0 Å². The van der Waals surface area contributed by atoms with Gasteiger partial charge in [-0.15, -0.1) is 0 Å². The van der Waals surface area contributed by atoms with Crippen LogP contribution in [0.1, 0.15) is 13.3 Å². The van der Waals surface area contributed by atoms with Crippen molar-refractivity contribution in [3.05, 3.63) is 54.1 Å². The fourth-order valence-electron chi connectivity index (χ4n) is 1.71. The van der Waals surface area contributed by atoms with E-state index in [1.54, 1.807) is 0 Å². The van der Waals surface area contributed by atoms with Gasteiger partial charge in [-0.25, -0.2) is 17.2 Å². The summed E-state index contributed by atoms with van der Waals surface area (Å²) in [5, 5.41) is 0. The number of ether oxygens (including phenoxy) is 1. The van der Waals surface area contributed by atoms with Crippen LogP contribution in [0.4, 0.5) is 14.5 Å². The molecule has 1 N–H and O–H groups in total. The summed E-state index contributed by atoms with van der Waals surface area (Å²) in [5.74, 6) is -1.21. The van der Waals surface area contributed by atoms with Gasteiger partial charge >= 0.3 is 0 Å². The van der Waals surface area contributed by atoms with Crippen molar-refractivity contribution in [3.63, 3.8) is 0 Å². The van der Waals surface area contributed by atoms with Crippen molar-refractivity contribution in [3.8, 4) is 5.75 Å². The minimum absolute atomic E-state index is 0.0416. The molecule has 4 nitrogen and oxygen atoms in total. The number of benzene rings is 2. The van der Waals surface area contributed by atoms with Gasteiger partial charge in [0.2, 0.25) is 0 Å². The average molecular weight is 327 g/mol. The molecule has 0 radical (unpaired) electrons. The van der Waals surface area contributed by atoms with Gasteiger partial charge in [0.15, 0.2) is 0 Å². The summed E-state index contributed by atoms with van der Waals surface area (Å²) >= 11 is 0. The maximum absolute atomic E-state index is 13.5. The van der Waals surface area contributed by atoms with Crippen molar-refractivity contribution < 1.29 is 21.9 Å². The van der Waals surface area contributed by atoms with Crippen LogP contribution in [0.15, 0.2) is 47.4 Å². The second-order valence-corrected chi connectivity index (χ2v) is 6.23. The molecule has 0 atom stereocenters. The molecule has 2 rings (SSSR count). The van der Waals surface area contributed by atoms with Gasteiger partial charge in [-0.1, -0.05) is 6.92 Å². The molecule has 0 saturated heterocycles. The second kappa shape index (κ2) is 6.74. The molecule has 0 aliphatic heterocycles. The number of nitrogens with one attached hydrogen (secondary N) is 1. The smallest absolute Gasteiger partial charge is 0.261 e. The highest BCUT2D eigenvalue weighted by atomic mass is 32.2. The van der Waals surface area contributed by atoms with Gasteiger partial charge in [0, 0.05) is 6.07 Å². The Morgan fingerprint density at radius 1 is 1.09 bits per heavy atom. The Balaban J connectivity index is 2.19. The summed E-state index contributed by atoms with van der Waals surface area (Å²) in [4.78, 5) is -0.0416. The quantitative estimate of drug-likeness (QED) is 0.883. The molecule has 0 heterocycles. The predicted molar refractivity (Wildman–Crippen MR) is 79.4 cm³/mol. The zero-order chi connectivity index (χ0) is 16.2. The topological polar surface area (TPSA) is 55.4 Å². The van der Waals surface area contributed by atoms with Crippen LogP contribution < -0.4 is 9.46 Å². The van der Waals surface area contributed by atoms with Gasteiger partial charge in [0.05, 0.1) is 17.2 Å². The van der Waals surface area contributed by atoms with Crippen LogP contribution in [0, 0.1) is 11.6 Å². The lowest BCUT2D eigenvalue weighted by atomic mass is 10.3. The van der Waals surface area contributed by atoms with E-state index in [-0.39, 0.29) is 10.6 Å². The minimum atomic E-state index is -3.95. The van der Waals surface area contributed by atoms with Crippen LogP contribution in [-0.2, 0) is 10.0 Å². The van der Waals surface area contributed by atoms with Gasteiger partial charge < -0.3 is 4.74 Å².